The molecule has 0 spiro atoms. The highest BCUT2D eigenvalue weighted by Gasteiger charge is 2.41. The molecule has 0 bridgehead atoms. The van der Waals surface area contributed by atoms with Crippen LogP contribution in [0.3, 0.4) is 0 Å². The van der Waals surface area contributed by atoms with E-state index in [4.69, 9.17) is 11.6 Å². The molecule has 4 aromatic rings. The van der Waals surface area contributed by atoms with Gasteiger partial charge in [-0.1, -0.05) is 23.7 Å². The lowest BCUT2D eigenvalue weighted by Gasteiger charge is -2.17. The molecule has 34 heavy (non-hydrogen) atoms. The first-order chi connectivity index (χ1) is 16.3. The van der Waals surface area contributed by atoms with Crippen molar-refractivity contribution >= 4 is 11.6 Å². The van der Waals surface area contributed by atoms with Crippen LogP contribution < -0.4 is 5.56 Å². The minimum atomic E-state index is -1.22. The standard InChI is InChI=1S/C26H19ClF3N3O/c1-13-12-32-21(17-7-8-31-25(30)24(17)29)11-22(13)33-14(2)9-20(23(27)26(33)34)19-10-18(19)15-3-5-16(28)6-4-15/h3-9,11-12,18-19H,10H2,1-2H3/t18-,19+/m0/s1. The average Bonchev–Trinajstić information content (AvgIpc) is 3.61. The van der Waals surface area contributed by atoms with Crippen LogP contribution in [0, 0.1) is 31.4 Å². The summed E-state index contributed by atoms with van der Waals surface area (Å²) in [6, 6.07) is 11.1. The Balaban J connectivity index is 1.56. The molecule has 0 aliphatic heterocycles. The first-order valence-corrected chi connectivity index (χ1v) is 11.1. The van der Waals surface area contributed by atoms with Crippen molar-refractivity contribution in [2.75, 3.05) is 0 Å². The van der Waals surface area contributed by atoms with E-state index >= 15 is 0 Å². The summed E-state index contributed by atoms with van der Waals surface area (Å²) in [6.45, 7) is 3.57. The van der Waals surface area contributed by atoms with E-state index in [2.05, 4.69) is 9.97 Å². The monoisotopic (exact) mass is 481 g/mol. The molecule has 172 valence electrons. The van der Waals surface area contributed by atoms with Gasteiger partial charge in [0.2, 0.25) is 5.95 Å². The Hall–Kier alpha value is -3.45. The number of pyridine rings is 3. The quantitative estimate of drug-likeness (QED) is 0.323. The van der Waals surface area contributed by atoms with E-state index in [0.717, 1.165) is 23.7 Å². The highest BCUT2D eigenvalue weighted by Crippen LogP contribution is 2.55. The fourth-order valence-corrected chi connectivity index (χ4v) is 4.72. The van der Waals surface area contributed by atoms with Crippen LogP contribution in [0.2, 0.25) is 5.02 Å². The van der Waals surface area contributed by atoms with Crippen molar-refractivity contribution in [1.82, 2.24) is 14.5 Å². The topological polar surface area (TPSA) is 47.8 Å². The summed E-state index contributed by atoms with van der Waals surface area (Å²) in [5.41, 5.74) is 3.27. The number of rotatable bonds is 4. The maximum absolute atomic E-state index is 14.3. The average molecular weight is 482 g/mol. The molecular formula is C26H19ClF3N3O. The third kappa shape index (κ3) is 3.80. The van der Waals surface area contributed by atoms with Gasteiger partial charge in [0.25, 0.3) is 5.56 Å². The largest absolute Gasteiger partial charge is 0.280 e. The SMILES string of the molecule is Cc1cnc(-c2ccnc(F)c2F)cc1-n1c(C)cc([C@@H]2C[C@H]2c2ccc(F)cc2)c(Cl)c1=O. The van der Waals surface area contributed by atoms with Crippen LogP contribution >= 0.6 is 11.6 Å². The number of aromatic nitrogens is 3. The van der Waals surface area contributed by atoms with Crippen LogP contribution in [0.4, 0.5) is 13.2 Å². The van der Waals surface area contributed by atoms with E-state index in [1.165, 1.54) is 35.0 Å². The van der Waals surface area contributed by atoms with Crippen LogP contribution in [0.25, 0.3) is 16.9 Å². The van der Waals surface area contributed by atoms with Gasteiger partial charge in [0.1, 0.15) is 10.8 Å². The normalized spacial score (nSPS) is 17.1. The van der Waals surface area contributed by atoms with Gasteiger partial charge in [-0.2, -0.15) is 4.39 Å². The number of benzene rings is 1. The maximum atomic E-state index is 14.3. The van der Waals surface area contributed by atoms with Gasteiger partial charge >= 0.3 is 0 Å². The van der Waals surface area contributed by atoms with Crippen molar-refractivity contribution in [1.29, 1.82) is 0 Å². The van der Waals surface area contributed by atoms with Crippen molar-refractivity contribution < 1.29 is 13.2 Å². The second-order valence-electron chi connectivity index (χ2n) is 8.52. The Morgan fingerprint density at radius 1 is 1.00 bits per heavy atom. The first-order valence-electron chi connectivity index (χ1n) is 10.7. The summed E-state index contributed by atoms with van der Waals surface area (Å²) >= 11 is 6.56. The fourth-order valence-electron chi connectivity index (χ4n) is 4.44. The van der Waals surface area contributed by atoms with Crippen molar-refractivity contribution in [3.05, 3.63) is 110 Å². The molecule has 0 unspecified atom stereocenters. The van der Waals surface area contributed by atoms with Gasteiger partial charge in [-0.05, 0) is 79.1 Å². The smallest absolute Gasteiger partial charge is 0.274 e. The third-order valence-electron chi connectivity index (χ3n) is 6.29. The summed E-state index contributed by atoms with van der Waals surface area (Å²) in [7, 11) is 0. The van der Waals surface area contributed by atoms with E-state index in [1.54, 1.807) is 26.0 Å². The molecule has 0 N–H and O–H groups in total. The molecule has 1 aliphatic carbocycles. The fraction of sp³-hybridized carbons (Fsp3) is 0.192. The van der Waals surface area contributed by atoms with Gasteiger partial charge in [0.05, 0.1) is 11.4 Å². The molecule has 4 nitrogen and oxygen atoms in total. The van der Waals surface area contributed by atoms with Crippen LogP contribution in [-0.4, -0.2) is 14.5 Å². The minimum absolute atomic E-state index is 0.0534. The van der Waals surface area contributed by atoms with Crippen LogP contribution in [-0.2, 0) is 0 Å². The molecule has 0 amide bonds. The molecule has 1 fully saturated rings. The van der Waals surface area contributed by atoms with Crippen molar-refractivity contribution in [3.8, 4) is 16.9 Å². The highest BCUT2D eigenvalue weighted by molar-refractivity contribution is 6.31. The molecule has 8 heteroatoms. The lowest BCUT2D eigenvalue weighted by atomic mass is 10.0. The van der Waals surface area contributed by atoms with E-state index in [-0.39, 0.29) is 33.9 Å². The van der Waals surface area contributed by atoms with E-state index < -0.39 is 17.3 Å². The molecule has 0 radical (unpaired) electrons. The second kappa shape index (κ2) is 8.40. The second-order valence-corrected chi connectivity index (χ2v) is 8.89. The predicted molar refractivity (Wildman–Crippen MR) is 124 cm³/mol. The maximum Gasteiger partial charge on any atom is 0.274 e. The van der Waals surface area contributed by atoms with Crippen molar-refractivity contribution in [2.45, 2.75) is 32.1 Å². The number of hydrogen-bond acceptors (Lipinski definition) is 3. The zero-order valence-corrected chi connectivity index (χ0v) is 19.1. The summed E-state index contributed by atoms with van der Waals surface area (Å²) in [6.07, 6.45) is 3.48. The minimum Gasteiger partial charge on any atom is -0.280 e. The van der Waals surface area contributed by atoms with Crippen LogP contribution in [0.1, 0.15) is 40.6 Å². The molecule has 2 atom stereocenters. The Bertz CT molecular complexity index is 1480. The Morgan fingerprint density at radius 2 is 1.74 bits per heavy atom. The van der Waals surface area contributed by atoms with E-state index in [9.17, 15) is 18.0 Å². The Morgan fingerprint density at radius 3 is 2.47 bits per heavy atom. The molecule has 5 rings (SSSR count). The molecular weight excluding hydrogens is 463 g/mol. The van der Waals surface area contributed by atoms with Gasteiger partial charge in [0, 0.05) is 23.7 Å². The zero-order valence-electron chi connectivity index (χ0n) is 18.3. The molecule has 3 aromatic heterocycles. The molecule has 0 saturated heterocycles. The zero-order chi connectivity index (χ0) is 24.1. The summed E-state index contributed by atoms with van der Waals surface area (Å²) in [4.78, 5) is 20.9. The first kappa shape index (κ1) is 22.3. The summed E-state index contributed by atoms with van der Waals surface area (Å²) < 4.78 is 42.7. The molecule has 1 aromatic carbocycles. The van der Waals surface area contributed by atoms with Crippen LogP contribution in [0.15, 0.2) is 59.7 Å². The van der Waals surface area contributed by atoms with Gasteiger partial charge < -0.3 is 0 Å². The third-order valence-corrected chi connectivity index (χ3v) is 6.67. The van der Waals surface area contributed by atoms with Crippen molar-refractivity contribution in [2.24, 2.45) is 0 Å². The Labute approximate surface area is 198 Å². The Kier molecular flexibility index (Phi) is 5.52. The predicted octanol–water partition coefficient (Wildman–Crippen LogP) is 6.25. The number of nitrogens with zero attached hydrogens (tertiary/aromatic N) is 3. The van der Waals surface area contributed by atoms with Gasteiger partial charge in [-0.15, -0.1) is 0 Å². The lowest BCUT2D eigenvalue weighted by Crippen LogP contribution is -2.23. The summed E-state index contributed by atoms with van der Waals surface area (Å²) in [5, 5.41) is 0.110. The molecule has 3 heterocycles. The lowest BCUT2D eigenvalue weighted by molar-refractivity contribution is 0.481. The molecule has 1 aliphatic rings. The number of aryl methyl sites for hydroxylation is 2. The summed E-state index contributed by atoms with van der Waals surface area (Å²) in [5.74, 6) is -2.38. The number of halogens is 4. The van der Waals surface area contributed by atoms with Crippen molar-refractivity contribution in [3.63, 3.8) is 0 Å². The van der Waals surface area contributed by atoms with Crippen LogP contribution in [0.5, 0.6) is 0 Å². The van der Waals surface area contributed by atoms with Gasteiger partial charge in [-0.25, -0.2) is 13.8 Å². The number of hydrogen-bond donors (Lipinski definition) is 0. The van der Waals surface area contributed by atoms with E-state index in [0.29, 0.717) is 16.9 Å². The van der Waals surface area contributed by atoms with E-state index in [1.807, 2.05) is 6.07 Å². The van der Waals surface area contributed by atoms with Gasteiger partial charge in [-0.3, -0.25) is 14.3 Å². The highest BCUT2D eigenvalue weighted by atomic mass is 35.5. The van der Waals surface area contributed by atoms with Gasteiger partial charge in [0.15, 0.2) is 5.82 Å². The molecule has 1 saturated carbocycles.